The van der Waals surface area contributed by atoms with Gasteiger partial charge in [0.1, 0.15) is 11.2 Å². The highest BCUT2D eigenvalue weighted by Gasteiger charge is 2.50. The van der Waals surface area contributed by atoms with Crippen LogP contribution in [0.25, 0.3) is 77.8 Å². The largest absolute Gasteiger partial charge is 0.455 e. The smallest absolute Gasteiger partial charge is 0.159 e. The molecule has 1 unspecified atom stereocenters. The fourth-order valence-electron chi connectivity index (χ4n) is 8.75. The summed E-state index contributed by atoms with van der Waals surface area (Å²) < 4.78 is 6.78. The van der Waals surface area contributed by atoms with E-state index in [4.69, 9.17) is 14.4 Å². The maximum absolute atomic E-state index is 6.78. The van der Waals surface area contributed by atoms with Gasteiger partial charge in [-0.05, 0) is 67.8 Å². The lowest BCUT2D eigenvalue weighted by Gasteiger charge is -2.35. The van der Waals surface area contributed by atoms with Gasteiger partial charge < -0.3 is 4.42 Å². The van der Waals surface area contributed by atoms with Crippen LogP contribution in [-0.4, -0.2) is 9.97 Å². The molecule has 0 saturated carbocycles. The Bertz CT molecular complexity index is 2810. The van der Waals surface area contributed by atoms with Crippen LogP contribution >= 0.6 is 0 Å². The number of fused-ring (bicyclic) bond motifs is 16. The summed E-state index contributed by atoms with van der Waals surface area (Å²) >= 11 is 0. The first-order valence-electron chi connectivity index (χ1n) is 17.1. The highest BCUT2D eigenvalue weighted by molar-refractivity contribution is 6.13. The summed E-state index contributed by atoms with van der Waals surface area (Å²) in [6.07, 6.45) is 3.91. The molecule has 2 aromatic heterocycles. The third-order valence-electron chi connectivity index (χ3n) is 10.8. The van der Waals surface area contributed by atoms with Gasteiger partial charge in [0, 0.05) is 39.9 Å². The van der Waals surface area contributed by atoms with Gasteiger partial charge >= 0.3 is 0 Å². The lowest BCUT2D eigenvalue weighted by Crippen LogP contribution is -2.29. The van der Waals surface area contributed by atoms with Crippen molar-refractivity contribution in [2.24, 2.45) is 0 Å². The molecule has 50 heavy (non-hydrogen) atoms. The lowest BCUT2D eigenvalue weighted by molar-refractivity contribution is 0.669. The fraction of sp³-hybridized carbons (Fsp3) is 0.0213. The number of hydrogen-bond acceptors (Lipinski definition) is 3. The Balaban J connectivity index is 1.26. The Morgan fingerprint density at radius 3 is 1.80 bits per heavy atom. The van der Waals surface area contributed by atoms with Gasteiger partial charge in [-0.15, -0.1) is 0 Å². The lowest BCUT2D eigenvalue weighted by atomic mass is 9.65. The summed E-state index contributed by atoms with van der Waals surface area (Å²) in [6.45, 7) is 0. The van der Waals surface area contributed by atoms with Gasteiger partial charge in [-0.1, -0.05) is 146 Å². The number of hydrogen-bond donors (Lipinski definition) is 0. The van der Waals surface area contributed by atoms with E-state index in [9.17, 15) is 0 Å². The summed E-state index contributed by atoms with van der Waals surface area (Å²) in [4.78, 5) is 9.64. The van der Waals surface area contributed by atoms with Gasteiger partial charge in [-0.3, -0.25) is 0 Å². The molecule has 232 valence electrons. The molecule has 1 atom stereocenters. The molecule has 0 N–H and O–H groups in total. The maximum Gasteiger partial charge on any atom is 0.159 e. The van der Waals surface area contributed by atoms with E-state index < -0.39 is 5.41 Å². The molecule has 3 heteroatoms. The fourth-order valence-corrected chi connectivity index (χ4v) is 8.75. The molecule has 3 nitrogen and oxygen atoms in total. The summed E-state index contributed by atoms with van der Waals surface area (Å²) in [5, 5.41) is 2.28. The first kappa shape index (κ1) is 27.4. The maximum atomic E-state index is 6.78. The van der Waals surface area contributed by atoms with Crippen molar-refractivity contribution in [3.8, 4) is 55.9 Å². The normalized spacial score (nSPS) is 15.3. The minimum Gasteiger partial charge on any atom is -0.455 e. The van der Waals surface area contributed by atoms with E-state index in [2.05, 4.69) is 121 Å². The van der Waals surface area contributed by atoms with Crippen LogP contribution in [0.15, 0.2) is 175 Å². The van der Waals surface area contributed by atoms with Gasteiger partial charge in [0.05, 0.1) is 5.41 Å². The topological polar surface area (TPSA) is 38.9 Å². The molecule has 2 aliphatic rings. The Kier molecular flexibility index (Phi) is 5.59. The minimum atomic E-state index is -0.620. The van der Waals surface area contributed by atoms with Crippen molar-refractivity contribution in [1.82, 2.24) is 9.97 Å². The molecule has 0 aliphatic heterocycles. The second-order valence-corrected chi connectivity index (χ2v) is 13.3. The molecular formula is C47H28N2O. The third kappa shape index (κ3) is 3.58. The van der Waals surface area contributed by atoms with Gasteiger partial charge in [-0.25, -0.2) is 9.97 Å². The molecule has 2 aliphatic carbocycles. The molecule has 0 fully saturated rings. The van der Waals surface area contributed by atoms with Crippen molar-refractivity contribution < 1.29 is 4.42 Å². The van der Waals surface area contributed by atoms with Crippen LogP contribution in [0.3, 0.4) is 0 Å². The number of aromatic nitrogens is 2. The predicted molar refractivity (Wildman–Crippen MR) is 202 cm³/mol. The highest BCUT2D eigenvalue weighted by Crippen LogP contribution is 2.63. The second-order valence-electron chi connectivity index (χ2n) is 13.3. The van der Waals surface area contributed by atoms with E-state index in [1.807, 2.05) is 48.8 Å². The van der Waals surface area contributed by atoms with E-state index in [1.165, 1.54) is 55.6 Å². The van der Waals surface area contributed by atoms with E-state index in [0.29, 0.717) is 0 Å². The standard InChI is InChI=1S/C47H28N2O/c1-2-12-29(13-3-1)46-48-27-31(28-49-46)30-22-23-35-33-15-5-4-14-32(33)34-16-6-9-19-39(34)47(42(35)26-30)40-20-10-7-18-38(40)44-41(47)25-24-37-36-17-8-11-21-43(36)50-45(37)44/h1-28H. The molecule has 9 aromatic rings. The van der Waals surface area contributed by atoms with Crippen molar-refractivity contribution in [3.05, 3.63) is 192 Å². The Morgan fingerprint density at radius 1 is 0.400 bits per heavy atom. The van der Waals surface area contributed by atoms with Crippen molar-refractivity contribution in [3.63, 3.8) is 0 Å². The van der Waals surface area contributed by atoms with E-state index in [-0.39, 0.29) is 0 Å². The van der Waals surface area contributed by atoms with Gasteiger partial charge in [0.25, 0.3) is 0 Å². The second kappa shape index (κ2) is 10.2. The number of rotatable bonds is 2. The van der Waals surface area contributed by atoms with Crippen molar-refractivity contribution in [1.29, 1.82) is 0 Å². The number of para-hydroxylation sites is 1. The molecule has 0 saturated heterocycles. The Labute approximate surface area is 289 Å². The first-order chi connectivity index (χ1) is 24.8. The Morgan fingerprint density at radius 2 is 1.02 bits per heavy atom. The van der Waals surface area contributed by atoms with Crippen molar-refractivity contribution >= 4 is 21.9 Å². The zero-order valence-electron chi connectivity index (χ0n) is 27.0. The summed E-state index contributed by atoms with van der Waals surface area (Å²) in [7, 11) is 0. The molecule has 11 rings (SSSR count). The van der Waals surface area contributed by atoms with Crippen LogP contribution in [0.1, 0.15) is 22.3 Å². The number of benzene rings is 7. The average molecular weight is 637 g/mol. The zero-order valence-corrected chi connectivity index (χ0v) is 27.0. The molecule has 0 amide bonds. The molecule has 0 radical (unpaired) electrons. The van der Waals surface area contributed by atoms with Crippen molar-refractivity contribution in [2.75, 3.05) is 0 Å². The summed E-state index contributed by atoms with van der Waals surface area (Å²) in [5.74, 6) is 0.719. The third-order valence-corrected chi connectivity index (χ3v) is 10.8. The van der Waals surface area contributed by atoms with Crippen LogP contribution in [0.5, 0.6) is 0 Å². The molecule has 2 heterocycles. The zero-order chi connectivity index (χ0) is 32.8. The molecule has 1 spiro atoms. The predicted octanol–water partition coefficient (Wildman–Crippen LogP) is 11.7. The molecule has 7 aromatic carbocycles. The van der Waals surface area contributed by atoms with Crippen LogP contribution in [0, 0.1) is 0 Å². The summed E-state index contributed by atoms with van der Waals surface area (Å²) in [5.41, 5.74) is 16.6. The van der Waals surface area contributed by atoms with E-state index in [1.54, 1.807) is 0 Å². The first-order valence-corrected chi connectivity index (χ1v) is 17.1. The molecule has 0 bridgehead atoms. The number of furan rings is 1. The van der Waals surface area contributed by atoms with E-state index >= 15 is 0 Å². The SMILES string of the molecule is c1ccc(-c2ncc(-c3ccc4c(c3)C3(c5ccccc5-c5ccccc5-4)c4ccccc4-c4c3ccc3c4oc4ccccc43)cn2)cc1. The van der Waals surface area contributed by atoms with Gasteiger partial charge in [-0.2, -0.15) is 0 Å². The van der Waals surface area contributed by atoms with E-state index in [0.717, 1.165) is 44.5 Å². The average Bonchev–Trinajstić information content (AvgIpc) is 3.69. The van der Waals surface area contributed by atoms with Crippen LogP contribution in [0.2, 0.25) is 0 Å². The number of nitrogens with zero attached hydrogens (tertiary/aromatic N) is 2. The summed E-state index contributed by atoms with van der Waals surface area (Å²) in [6, 6.07) is 56.8. The van der Waals surface area contributed by atoms with Crippen LogP contribution < -0.4 is 0 Å². The van der Waals surface area contributed by atoms with Crippen molar-refractivity contribution in [2.45, 2.75) is 5.41 Å². The molecular weight excluding hydrogens is 609 g/mol. The van der Waals surface area contributed by atoms with Crippen LogP contribution in [-0.2, 0) is 5.41 Å². The quantitative estimate of drug-likeness (QED) is 0.189. The highest BCUT2D eigenvalue weighted by atomic mass is 16.3. The van der Waals surface area contributed by atoms with Gasteiger partial charge in [0.15, 0.2) is 5.82 Å². The Hall–Kier alpha value is -6.58. The van der Waals surface area contributed by atoms with Gasteiger partial charge in [0.2, 0.25) is 0 Å². The van der Waals surface area contributed by atoms with Crippen LogP contribution in [0.4, 0.5) is 0 Å². The monoisotopic (exact) mass is 636 g/mol. The minimum absolute atomic E-state index is 0.620.